The topological polar surface area (TPSA) is 63.2 Å². The van der Waals surface area contributed by atoms with Crippen LogP contribution in [0.3, 0.4) is 0 Å². The fraction of sp³-hybridized carbons (Fsp3) is 1.00. The fourth-order valence-corrected chi connectivity index (χ4v) is 5.74. The lowest BCUT2D eigenvalue weighted by Crippen LogP contribution is -2.57. The van der Waals surface area contributed by atoms with Crippen LogP contribution < -0.4 is 9.79 Å². The lowest BCUT2D eigenvalue weighted by atomic mass is 10.0. The summed E-state index contributed by atoms with van der Waals surface area (Å²) in [5.41, 5.74) is 0. The third-order valence-corrected chi connectivity index (χ3v) is 8.64. The molecule has 0 rings (SSSR count). The van der Waals surface area contributed by atoms with Crippen LogP contribution >= 0.6 is 7.91 Å². The van der Waals surface area contributed by atoms with Crippen molar-refractivity contribution in [3.8, 4) is 0 Å². The van der Waals surface area contributed by atoms with Gasteiger partial charge in [0.05, 0.1) is 52.4 Å². The average molecular weight is 799 g/mol. The van der Waals surface area contributed by atoms with Gasteiger partial charge in [-0.05, 0) is 38.5 Å². The standard InChI is InChI=1S/2C16H30F6N.FH2O3P/c2*1-4-7-10-23(11-8-5-2,12-9-6-3)13-14(15(17,18)19)16(20,21)22;1-5(2,3)4/h2*14H,4-13H2,1-3H3;(H2,2,3,4)/q2*+1;/p-2. The normalized spacial score (nSPS) is 13.6. The summed E-state index contributed by atoms with van der Waals surface area (Å²) in [6.45, 7) is 12.0. The molecule has 0 N–H and O–H groups in total. The first-order valence-electron chi connectivity index (χ1n) is 17.7. The molecule has 0 aromatic heterocycles. The highest BCUT2D eigenvalue weighted by Crippen LogP contribution is 2.42. The van der Waals surface area contributed by atoms with Crippen LogP contribution in [-0.2, 0) is 4.57 Å². The van der Waals surface area contributed by atoms with Gasteiger partial charge in [-0.25, -0.2) is 4.20 Å². The molecule has 0 fully saturated rings. The summed E-state index contributed by atoms with van der Waals surface area (Å²) in [6, 6.07) is 0. The van der Waals surface area contributed by atoms with E-state index in [0.717, 1.165) is 38.5 Å². The van der Waals surface area contributed by atoms with Gasteiger partial charge in [0.1, 0.15) is 7.91 Å². The molecule has 0 radical (unpaired) electrons. The van der Waals surface area contributed by atoms with Crippen LogP contribution in [0.4, 0.5) is 56.9 Å². The van der Waals surface area contributed by atoms with Crippen molar-refractivity contribution in [2.75, 3.05) is 52.4 Å². The monoisotopic (exact) mass is 798 g/mol. The van der Waals surface area contributed by atoms with Crippen molar-refractivity contribution in [2.45, 2.75) is 143 Å². The molecule has 0 aliphatic heterocycles. The van der Waals surface area contributed by atoms with Gasteiger partial charge in [-0.2, -0.15) is 52.7 Å². The predicted molar refractivity (Wildman–Crippen MR) is 169 cm³/mol. The molecule has 0 saturated carbocycles. The highest BCUT2D eigenvalue weighted by molar-refractivity contribution is 7.42. The van der Waals surface area contributed by atoms with E-state index in [2.05, 4.69) is 0 Å². The number of alkyl halides is 12. The minimum atomic E-state index is -5.64. The first-order valence-corrected chi connectivity index (χ1v) is 19.2. The molecule has 0 unspecified atom stereocenters. The van der Waals surface area contributed by atoms with Gasteiger partial charge in [-0.3, -0.25) is 0 Å². The maximum Gasteiger partial charge on any atom is 0.405 e. The Morgan fingerprint density at radius 3 is 0.667 bits per heavy atom. The molecule has 0 spiro atoms. The van der Waals surface area contributed by atoms with Gasteiger partial charge in [-0.1, -0.05) is 80.1 Å². The molecular formula is C32H60F13N2O3P. The molecule has 0 aromatic carbocycles. The van der Waals surface area contributed by atoms with E-state index in [1.54, 1.807) is 0 Å². The molecule has 51 heavy (non-hydrogen) atoms. The zero-order chi connectivity index (χ0) is 40.8. The number of halogens is 13. The Bertz CT molecular complexity index is 767. The van der Waals surface area contributed by atoms with Crippen molar-refractivity contribution < 1.29 is 80.2 Å². The van der Waals surface area contributed by atoms with E-state index >= 15 is 0 Å². The summed E-state index contributed by atoms with van der Waals surface area (Å²) < 4.78 is 174. The molecule has 0 aliphatic rings. The third-order valence-electron chi connectivity index (χ3n) is 8.64. The van der Waals surface area contributed by atoms with E-state index in [1.807, 2.05) is 41.5 Å². The second kappa shape index (κ2) is 25.3. The van der Waals surface area contributed by atoms with Gasteiger partial charge in [0.2, 0.25) is 0 Å². The van der Waals surface area contributed by atoms with Gasteiger partial charge < -0.3 is 23.3 Å². The lowest BCUT2D eigenvalue weighted by molar-refractivity contribution is -0.934. The molecule has 0 aromatic rings. The first kappa shape index (κ1) is 54.5. The van der Waals surface area contributed by atoms with Gasteiger partial charge >= 0.3 is 24.7 Å². The second-order valence-corrected chi connectivity index (χ2v) is 14.1. The van der Waals surface area contributed by atoms with Crippen LogP contribution in [0, 0.1) is 11.8 Å². The summed E-state index contributed by atoms with van der Waals surface area (Å²) in [4.78, 5) is 16.9. The van der Waals surface area contributed by atoms with Crippen LogP contribution in [-0.4, -0.2) is 86.0 Å². The molecule has 5 nitrogen and oxygen atoms in total. The fourth-order valence-electron chi connectivity index (χ4n) is 5.74. The number of nitrogens with zero attached hydrogens (tertiary/aromatic N) is 2. The second-order valence-electron chi connectivity index (χ2n) is 13.2. The Hall–Kier alpha value is -0.840. The van der Waals surface area contributed by atoms with Gasteiger partial charge in [-0.15, -0.1) is 0 Å². The Labute approximate surface area is 295 Å². The Morgan fingerprint density at radius 1 is 0.431 bits per heavy atom. The molecular weight excluding hydrogens is 738 g/mol. The molecule has 0 bridgehead atoms. The van der Waals surface area contributed by atoms with Crippen LogP contribution in [0.1, 0.15) is 119 Å². The smallest absolute Gasteiger partial charge is 0.405 e. The van der Waals surface area contributed by atoms with Crippen molar-refractivity contribution in [1.29, 1.82) is 0 Å². The third kappa shape index (κ3) is 27.4. The number of quaternary nitrogens is 2. The molecule has 0 heterocycles. The quantitative estimate of drug-likeness (QED) is 0.0623. The zero-order valence-corrected chi connectivity index (χ0v) is 31.7. The Kier molecular flexibility index (Phi) is 27.0. The minimum absolute atomic E-state index is 0.0702. The number of unbranched alkanes of at least 4 members (excludes halogenated alkanes) is 6. The largest absolute Gasteiger partial charge is 0.786 e. The maximum absolute atomic E-state index is 13.0. The Morgan fingerprint density at radius 2 is 0.569 bits per heavy atom. The first-order chi connectivity index (χ1) is 23.0. The van der Waals surface area contributed by atoms with Crippen LogP contribution in [0.5, 0.6) is 0 Å². The van der Waals surface area contributed by atoms with E-state index in [-0.39, 0.29) is 8.97 Å². The summed E-state index contributed by atoms with van der Waals surface area (Å²) >= 11 is 0. The number of hydrogen-bond donors (Lipinski definition) is 0. The van der Waals surface area contributed by atoms with Crippen molar-refractivity contribution in [1.82, 2.24) is 0 Å². The molecule has 0 saturated heterocycles. The molecule has 0 atom stereocenters. The maximum atomic E-state index is 13.0. The van der Waals surface area contributed by atoms with Crippen LogP contribution in [0.15, 0.2) is 0 Å². The van der Waals surface area contributed by atoms with E-state index < -0.39 is 57.5 Å². The van der Waals surface area contributed by atoms with E-state index in [4.69, 9.17) is 14.4 Å². The molecule has 0 aliphatic carbocycles. The summed E-state index contributed by atoms with van der Waals surface area (Å²) in [5, 5.41) is 0. The van der Waals surface area contributed by atoms with Crippen LogP contribution in [0.2, 0.25) is 0 Å². The predicted octanol–water partition coefficient (Wildman–Crippen LogP) is 10.7. The van der Waals surface area contributed by atoms with Crippen molar-refractivity contribution in [3.05, 3.63) is 0 Å². The van der Waals surface area contributed by atoms with Gasteiger partial charge in [0.25, 0.3) is 0 Å². The minimum Gasteiger partial charge on any atom is -0.786 e. The Balaban J connectivity index is -0.000000796. The number of hydrogen-bond acceptors (Lipinski definition) is 3. The SMILES string of the molecule is CCCC[N+](CCCC)(CCCC)CC(C(F)(F)F)C(F)(F)F.CCCC[N+](CCCC)(CCCC)CC(C(F)(F)F)C(F)(F)F.O=P([O-])([O-])F. The van der Waals surface area contributed by atoms with Crippen LogP contribution in [0.25, 0.3) is 0 Å². The van der Waals surface area contributed by atoms with Crippen molar-refractivity contribution in [3.63, 3.8) is 0 Å². The number of rotatable bonds is 22. The highest BCUT2D eigenvalue weighted by Gasteiger charge is 2.61. The van der Waals surface area contributed by atoms with Crippen molar-refractivity contribution >= 4 is 7.91 Å². The summed E-state index contributed by atoms with van der Waals surface area (Å²) in [6.07, 6.45) is -12.5. The van der Waals surface area contributed by atoms with E-state index in [9.17, 15) is 56.9 Å². The summed E-state index contributed by atoms with van der Waals surface area (Å²) in [7, 11) is -5.64. The molecule has 19 heteroatoms. The van der Waals surface area contributed by atoms with Gasteiger partial charge in [0, 0.05) is 0 Å². The van der Waals surface area contributed by atoms with Crippen molar-refractivity contribution in [2.24, 2.45) is 11.8 Å². The highest BCUT2D eigenvalue weighted by atomic mass is 31.2. The van der Waals surface area contributed by atoms with Gasteiger partial charge in [0.15, 0.2) is 11.8 Å². The lowest BCUT2D eigenvalue weighted by Gasteiger charge is -2.42. The molecule has 0 amide bonds. The van der Waals surface area contributed by atoms with E-state index in [1.165, 1.54) is 0 Å². The van der Waals surface area contributed by atoms with E-state index in [0.29, 0.717) is 77.8 Å². The molecule has 312 valence electrons. The summed E-state index contributed by atoms with van der Waals surface area (Å²) in [5.74, 6) is -6.47. The average Bonchev–Trinajstić information content (AvgIpc) is 2.96. The zero-order valence-electron chi connectivity index (χ0n) is 30.8.